The molecule has 0 spiro atoms. The summed E-state index contributed by atoms with van der Waals surface area (Å²) in [6.07, 6.45) is 0. The van der Waals surface area contributed by atoms with Crippen molar-refractivity contribution in [3.05, 3.63) is 57.5 Å². The zero-order chi connectivity index (χ0) is 14.3. The SMILES string of the molecule is O=C(O)c1cc2cc(C(=O)c3ccc(F)cc3)sc2s1. The summed E-state index contributed by atoms with van der Waals surface area (Å²) in [5.74, 6) is -1.54. The van der Waals surface area contributed by atoms with Crippen molar-refractivity contribution in [1.29, 1.82) is 0 Å². The number of carbonyl (C=O) groups excluding carboxylic acids is 1. The molecule has 100 valence electrons. The van der Waals surface area contributed by atoms with Crippen LogP contribution in [0, 0.1) is 5.82 Å². The number of aromatic carboxylic acids is 1. The highest BCUT2D eigenvalue weighted by molar-refractivity contribution is 7.39. The molecule has 6 heteroatoms. The Kier molecular flexibility index (Phi) is 3.11. The van der Waals surface area contributed by atoms with E-state index in [1.807, 2.05) is 0 Å². The highest BCUT2D eigenvalue weighted by atomic mass is 32.2. The fourth-order valence-corrected chi connectivity index (χ4v) is 4.05. The Hall–Kier alpha value is -2.05. The molecule has 0 aliphatic heterocycles. The van der Waals surface area contributed by atoms with Gasteiger partial charge in [0.25, 0.3) is 0 Å². The van der Waals surface area contributed by atoms with E-state index in [2.05, 4.69) is 0 Å². The molecule has 2 heterocycles. The summed E-state index contributed by atoms with van der Waals surface area (Å²) in [4.78, 5) is 23.9. The first-order chi connectivity index (χ1) is 9.54. The van der Waals surface area contributed by atoms with Crippen molar-refractivity contribution in [2.24, 2.45) is 0 Å². The molecule has 3 rings (SSSR count). The van der Waals surface area contributed by atoms with Crippen molar-refractivity contribution in [1.82, 2.24) is 0 Å². The van der Waals surface area contributed by atoms with Crippen LogP contribution in [0.1, 0.15) is 24.9 Å². The van der Waals surface area contributed by atoms with Crippen LogP contribution in [0.4, 0.5) is 4.39 Å². The van der Waals surface area contributed by atoms with E-state index in [9.17, 15) is 14.0 Å². The maximum Gasteiger partial charge on any atom is 0.345 e. The van der Waals surface area contributed by atoms with Gasteiger partial charge in [-0.3, -0.25) is 4.79 Å². The second-order valence-corrected chi connectivity index (χ2v) is 6.47. The van der Waals surface area contributed by atoms with Crippen molar-refractivity contribution >= 4 is 43.8 Å². The topological polar surface area (TPSA) is 54.4 Å². The summed E-state index contributed by atoms with van der Waals surface area (Å²) in [6.45, 7) is 0. The first-order valence-corrected chi connectivity index (χ1v) is 7.25. The Morgan fingerprint density at radius 1 is 1.00 bits per heavy atom. The molecular weight excluding hydrogens is 299 g/mol. The van der Waals surface area contributed by atoms with Crippen LogP contribution in [0.5, 0.6) is 0 Å². The minimum Gasteiger partial charge on any atom is -0.477 e. The van der Waals surface area contributed by atoms with Crippen LogP contribution in [0.25, 0.3) is 9.40 Å². The number of rotatable bonds is 3. The van der Waals surface area contributed by atoms with E-state index >= 15 is 0 Å². The largest absolute Gasteiger partial charge is 0.477 e. The van der Waals surface area contributed by atoms with Crippen LogP contribution in [-0.4, -0.2) is 16.9 Å². The van der Waals surface area contributed by atoms with E-state index in [0.717, 1.165) is 20.7 Å². The van der Waals surface area contributed by atoms with Crippen LogP contribution >= 0.6 is 22.7 Å². The summed E-state index contributed by atoms with van der Waals surface area (Å²) < 4.78 is 13.6. The number of thiophene rings is 2. The first kappa shape index (κ1) is 13.0. The van der Waals surface area contributed by atoms with Crippen LogP contribution in [0.3, 0.4) is 0 Å². The van der Waals surface area contributed by atoms with Gasteiger partial charge in [0.1, 0.15) is 10.7 Å². The molecule has 1 N–H and O–H groups in total. The summed E-state index contributed by atoms with van der Waals surface area (Å²) in [5, 5.41) is 9.65. The molecule has 3 nitrogen and oxygen atoms in total. The quantitative estimate of drug-likeness (QED) is 0.743. The Morgan fingerprint density at radius 3 is 2.20 bits per heavy atom. The Balaban J connectivity index is 1.97. The molecule has 0 saturated heterocycles. The molecule has 0 aliphatic rings. The molecule has 2 aromatic heterocycles. The third-order valence-electron chi connectivity index (χ3n) is 2.76. The van der Waals surface area contributed by atoms with Gasteiger partial charge in [0.2, 0.25) is 5.78 Å². The minimum absolute atomic E-state index is 0.185. The van der Waals surface area contributed by atoms with E-state index in [1.54, 1.807) is 12.1 Å². The van der Waals surface area contributed by atoms with Gasteiger partial charge in [0, 0.05) is 10.9 Å². The fraction of sp³-hybridized carbons (Fsp3) is 0. The smallest absolute Gasteiger partial charge is 0.345 e. The number of benzene rings is 1. The minimum atomic E-state index is -0.968. The van der Waals surface area contributed by atoms with Crippen LogP contribution in [-0.2, 0) is 0 Å². The normalized spacial score (nSPS) is 10.8. The molecule has 1 aromatic carbocycles. The average molecular weight is 306 g/mol. The Labute approximate surface area is 120 Å². The molecule has 0 amide bonds. The van der Waals surface area contributed by atoms with Gasteiger partial charge in [-0.05, 0) is 36.4 Å². The fourth-order valence-electron chi connectivity index (χ4n) is 1.80. The third-order valence-corrected chi connectivity index (χ3v) is 5.13. The summed E-state index contributed by atoms with van der Waals surface area (Å²) in [6, 6.07) is 8.59. The maximum absolute atomic E-state index is 12.8. The number of carboxylic acid groups (broad SMARTS) is 1. The molecule has 0 bridgehead atoms. The van der Waals surface area contributed by atoms with Crippen LogP contribution in [0.2, 0.25) is 0 Å². The molecule has 3 aromatic rings. The van der Waals surface area contributed by atoms with Gasteiger partial charge in [-0.1, -0.05) is 0 Å². The van der Waals surface area contributed by atoms with E-state index in [-0.39, 0.29) is 16.5 Å². The van der Waals surface area contributed by atoms with Crippen molar-refractivity contribution in [2.45, 2.75) is 0 Å². The van der Waals surface area contributed by atoms with Crippen molar-refractivity contribution in [3.8, 4) is 0 Å². The molecule has 0 fully saturated rings. The van der Waals surface area contributed by atoms with Crippen molar-refractivity contribution in [3.63, 3.8) is 0 Å². The molecule has 0 unspecified atom stereocenters. The van der Waals surface area contributed by atoms with Gasteiger partial charge >= 0.3 is 5.97 Å². The standard InChI is InChI=1S/C14H7FO3S2/c15-9-3-1-7(2-4-9)12(16)10-5-8-6-11(13(17)18)20-14(8)19-10/h1-6H,(H,17,18). The van der Waals surface area contributed by atoms with Crippen LogP contribution < -0.4 is 0 Å². The number of hydrogen-bond donors (Lipinski definition) is 1. The lowest BCUT2D eigenvalue weighted by molar-refractivity contribution is 0.0702. The van der Waals surface area contributed by atoms with E-state index < -0.39 is 5.97 Å². The van der Waals surface area contributed by atoms with Crippen molar-refractivity contribution < 1.29 is 19.1 Å². The summed E-state index contributed by atoms with van der Waals surface area (Å²) >= 11 is 2.40. The highest BCUT2D eigenvalue weighted by Crippen LogP contribution is 2.34. The number of carbonyl (C=O) groups is 2. The second kappa shape index (κ2) is 4.81. The van der Waals surface area contributed by atoms with Gasteiger partial charge < -0.3 is 5.11 Å². The number of hydrogen-bond acceptors (Lipinski definition) is 4. The molecule has 0 atom stereocenters. The third kappa shape index (κ3) is 2.23. The van der Waals surface area contributed by atoms with E-state index in [1.165, 1.54) is 35.6 Å². The lowest BCUT2D eigenvalue weighted by atomic mass is 10.1. The van der Waals surface area contributed by atoms with Gasteiger partial charge in [-0.25, -0.2) is 9.18 Å². The molecule has 0 radical (unpaired) electrons. The van der Waals surface area contributed by atoms with E-state index in [4.69, 9.17) is 5.11 Å². The lowest BCUT2D eigenvalue weighted by Gasteiger charge is -1.97. The summed E-state index contributed by atoms with van der Waals surface area (Å²) in [5.41, 5.74) is 0.416. The number of fused-ring (bicyclic) bond motifs is 1. The van der Waals surface area contributed by atoms with Crippen LogP contribution in [0.15, 0.2) is 36.4 Å². The van der Waals surface area contributed by atoms with Gasteiger partial charge in [-0.15, -0.1) is 22.7 Å². The predicted octanol–water partition coefficient (Wildman–Crippen LogP) is 4.03. The van der Waals surface area contributed by atoms with E-state index in [0.29, 0.717) is 10.4 Å². The molecule has 0 saturated carbocycles. The highest BCUT2D eigenvalue weighted by Gasteiger charge is 2.16. The monoisotopic (exact) mass is 306 g/mol. The lowest BCUT2D eigenvalue weighted by Crippen LogP contribution is -1.98. The first-order valence-electron chi connectivity index (χ1n) is 5.61. The second-order valence-electron chi connectivity index (χ2n) is 4.11. The zero-order valence-electron chi connectivity index (χ0n) is 9.92. The maximum atomic E-state index is 12.8. The number of halogens is 1. The Morgan fingerprint density at radius 2 is 1.60 bits per heavy atom. The number of carboxylic acids is 1. The zero-order valence-corrected chi connectivity index (χ0v) is 11.6. The van der Waals surface area contributed by atoms with Gasteiger partial charge in [0.15, 0.2) is 0 Å². The van der Waals surface area contributed by atoms with Gasteiger partial charge in [-0.2, -0.15) is 0 Å². The predicted molar refractivity (Wildman–Crippen MR) is 76.5 cm³/mol. The molecular formula is C14H7FO3S2. The van der Waals surface area contributed by atoms with Crippen molar-refractivity contribution in [2.75, 3.05) is 0 Å². The average Bonchev–Trinajstić information content (AvgIpc) is 2.96. The summed E-state index contributed by atoms with van der Waals surface area (Å²) in [7, 11) is 0. The number of ketones is 1. The molecule has 20 heavy (non-hydrogen) atoms. The van der Waals surface area contributed by atoms with Gasteiger partial charge in [0.05, 0.1) is 8.89 Å². The Bertz CT molecular complexity index is 783. The molecule has 0 aliphatic carbocycles.